The summed E-state index contributed by atoms with van der Waals surface area (Å²) < 4.78 is 21.1. The maximum absolute atomic E-state index is 14.6. The fraction of sp³-hybridized carbons (Fsp3) is 0.231. The van der Waals surface area contributed by atoms with Crippen LogP contribution in [0.1, 0.15) is 17.2 Å². The van der Waals surface area contributed by atoms with E-state index in [-0.39, 0.29) is 18.8 Å². The summed E-state index contributed by atoms with van der Waals surface area (Å²) in [6.45, 7) is 2.02. The average Bonchev–Trinajstić information content (AvgIpc) is 3.27. The number of halogens is 1. The summed E-state index contributed by atoms with van der Waals surface area (Å²) >= 11 is 0. The highest BCUT2D eigenvalue weighted by Gasteiger charge is 2.33. The van der Waals surface area contributed by atoms with Gasteiger partial charge in [0.25, 0.3) is 0 Å². The van der Waals surface area contributed by atoms with Gasteiger partial charge in [-0.2, -0.15) is 0 Å². The molecule has 8 nitrogen and oxygen atoms in total. The van der Waals surface area contributed by atoms with Gasteiger partial charge in [-0.05, 0) is 42.3 Å². The Kier molecular flexibility index (Phi) is 7.47. The van der Waals surface area contributed by atoms with Crippen LogP contribution in [0.15, 0.2) is 72.8 Å². The minimum Gasteiger partial charge on any atom is -0.383 e. The normalized spacial score (nSPS) is 11.9. The highest BCUT2D eigenvalue weighted by molar-refractivity contribution is 6.01. The van der Waals surface area contributed by atoms with Crippen LogP contribution in [-0.2, 0) is 20.9 Å². The Bertz CT molecular complexity index is 1330. The molecule has 0 aliphatic rings. The number of fused-ring (bicyclic) bond motifs is 1. The van der Waals surface area contributed by atoms with Gasteiger partial charge in [0.1, 0.15) is 23.9 Å². The molecule has 1 heterocycles. The summed E-state index contributed by atoms with van der Waals surface area (Å²) in [6.07, 6.45) is 0. The Morgan fingerprint density at radius 3 is 2.57 bits per heavy atom. The summed E-state index contributed by atoms with van der Waals surface area (Å²) in [5.74, 6) is -1.33. The summed E-state index contributed by atoms with van der Waals surface area (Å²) in [5.41, 5.74) is 2.60. The number of hydrogen-bond acceptors (Lipinski definition) is 5. The van der Waals surface area contributed by atoms with Gasteiger partial charge < -0.3 is 10.1 Å². The van der Waals surface area contributed by atoms with E-state index >= 15 is 0 Å². The monoisotopic (exact) mass is 475 g/mol. The number of aromatic nitrogens is 3. The van der Waals surface area contributed by atoms with Gasteiger partial charge in [0.05, 0.1) is 12.1 Å². The molecule has 1 unspecified atom stereocenters. The lowest BCUT2D eigenvalue weighted by Crippen LogP contribution is -2.46. The molecule has 1 atom stereocenters. The van der Waals surface area contributed by atoms with Crippen LogP contribution in [0.25, 0.3) is 11.0 Å². The SMILES string of the molecule is COCCNC(=O)C(c1ccccc1)N(C(=O)Cn1nnc2ccccc21)c1ccc(C)c(F)c1. The molecule has 2 amide bonds. The second kappa shape index (κ2) is 10.9. The van der Waals surface area contributed by atoms with Crippen LogP contribution in [0.5, 0.6) is 0 Å². The van der Waals surface area contributed by atoms with Gasteiger partial charge in [0.2, 0.25) is 11.8 Å². The molecule has 0 radical (unpaired) electrons. The first kappa shape index (κ1) is 24.0. The topological polar surface area (TPSA) is 89.4 Å². The zero-order valence-electron chi connectivity index (χ0n) is 19.5. The van der Waals surface area contributed by atoms with E-state index in [0.29, 0.717) is 28.8 Å². The Balaban J connectivity index is 1.78. The summed E-state index contributed by atoms with van der Waals surface area (Å²) in [4.78, 5) is 28.5. The molecule has 35 heavy (non-hydrogen) atoms. The maximum Gasteiger partial charge on any atom is 0.249 e. The third-order valence-electron chi connectivity index (χ3n) is 5.63. The first-order valence-electron chi connectivity index (χ1n) is 11.2. The molecule has 0 spiro atoms. The number of carbonyl (C=O) groups excluding carboxylic acids is 2. The molecule has 0 aliphatic carbocycles. The molecule has 3 aromatic carbocycles. The first-order valence-corrected chi connectivity index (χ1v) is 11.2. The van der Waals surface area contributed by atoms with Crippen molar-refractivity contribution in [3.63, 3.8) is 0 Å². The maximum atomic E-state index is 14.6. The fourth-order valence-electron chi connectivity index (χ4n) is 3.83. The van der Waals surface area contributed by atoms with E-state index in [4.69, 9.17) is 4.74 Å². The quantitative estimate of drug-likeness (QED) is 0.375. The van der Waals surface area contributed by atoms with Crippen molar-refractivity contribution in [2.24, 2.45) is 0 Å². The number of nitrogens with zero attached hydrogens (tertiary/aromatic N) is 4. The van der Waals surface area contributed by atoms with Gasteiger partial charge in [-0.3, -0.25) is 14.5 Å². The van der Waals surface area contributed by atoms with E-state index < -0.39 is 23.7 Å². The summed E-state index contributed by atoms with van der Waals surface area (Å²) in [7, 11) is 1.54. The minimum absolute atomic E-state index is 0.190. The molecule has 0 fully saturated rings. The number of aryl methyl sites for hydroxylation is 1. The second-order valence-electron chi connectivity index (χ2n) is 8.03. The molecule has 1 N–H and O–H groups in total. The molecule has 9 heteroatoms. The van der Waals surface area contributed by atoms with Crippen LogP contribution in [-0.4, -0.2) is 47.1 Å². The molecule has 1 aromatic heterocycles. The molecule has 0 saturated carbocycles. The Morgan fingerprint density at radius 1 is 1.09 bits per heavy atom. The lowest BCUT2D eigenvalue weighted by Gasteiger charge is -2.31. The van der Waals surface area contributed by atoms with E-state index in [9.17, 15) is 14.0 Å². The van der Waals surface area contributed by atoms with Crippen LogP contribution in [0.3, 0.4) is 0 Å². The third kappa shape index (κ3) is 5.36. The number of benzene rings is 3. The molecule has 4 rings (SSSR count). The average molecular weight is 476 g/mol. The largest absolute Gasteiger partial charge is 0.383 e. The van der Waals surface area contributed by atoms with Crippen molar-refractivity contribution < 1.29 is 18.7 Å². The molecule has 0 saturated heterocycles. The number of nitrogens with one attached hydrogen (secondary N) is 1. The Hall–Kier alpha value is -4.11. The zero-order chi connectivity index (χ0) is 24.8. The van der Waals surface area contributed by atoms with Crippen LogP contribution in [0, 0.1) is 12.7 Å². The van der Waals surface area contributed by atoms with Crippen molar-refractivity contribution >= 4 is 28.5 Å². The van der Waals surface area contributed by atoms with E-state index in [1.807, 2.05) is 24.3 Å². The van der Waals surface area contributed by atoms with Crippen molar-refractivity contribution in [3.05, 3.63) is 89.7 Å². The van der Waals surface area contributed by atoms with E-state index in [0.717, 1.165) is 0 Å². The number of rotatable bonds is 9. The molecular formula is C26H26FN5O3. The third-order valence-corrected chi connectivity index (χ3v) is 5.63. The molecule has 0 bridgehead atoms. The van der Waals surface area contributed by atoms with E-state index in [2.05, 4.69) is 15.6 Å². The fourth-order valence-corrected chi connectivity index (χ4v) is 3.83. The van der Waals surface area contributed by atoms with Gasteiger partial charge in [-0.25, -0.2) is 9.07 Å². The highest BCUT2D eigenvalue weighted by atomic mass is 19.1. The zero-order valence-corrected chi connectivity index (χ0v) is 19.5. The Morgan fingerprint density at radius 2 is 1.83 bits per heavy atom. The minimum atomic E-state index is -1.04. The van der Waals surface area contributed by atoms with E-state index in [1.54, 1.807) is 49.4 Å². The standard InChI is InChI=1S/C26H26FN5O3/c1-18-12-13-20(16-21(18)27)32(24(33)17-31-23-11-7-6-10-22(23)29-30-31)25(19-8-4-3-5-9-19)26(34)28-14-15-35-2/h3-13,16,25H,14-15,17H2,1-2H3,(H,28,34). The smallest absolute Gasteiger partial charge is 0.249 e. The number of hydrogen-bond donors (Lipinski definition) is 1. The van der Waals surface area contributed by atoms with Crippen LogP contribution in [0.4, 0.5) is 10.1 Å². The van der Waals surface area contributed by atoms with Crippen LogP contribution < -0.4 is 10.2 Å². The van der Waals surface area contributed by atoms with Gasteiger partial charge in [0, 0.05) is 19.3 Å². The molecular weight excluding hydrogens is 449 g/mol. The summed E-state index contributed by atoms with van der Waals surface area (Å²) in [6, 6.07) is 19.6. The van der Waals surface area contributed by atoms with Crippen LogP contribution in [0.2, 0.25) is 0 Å². The number of amides is 2. The predicted octanol–water partition coefficient (Wildman–Crippen LogP) is 3.42. The lowest BCUT2D eigenvalue weighted by molar-refractivity contribution is -0.127. The number of carbonyl (C=O) groups is 2. The van der Waals surface area contributed by atoms with Gasteiger partial charge in [0.15, 0.2) is 0 Å². The highest BCUT2D eigenvalue weighted by Crippen LogP contribution is 2.30. The van der Waals surface area contributed by atoms with Crippen molar-refractivity contribution in [2.45, 2.75) is 19.5 Å². The number of para-hydroxylation sites is 1. The van der Waals surface area contributed by atoms with E-state index in [1.165, 1.54) is 22.8 Å². The molecule has 180 valence electrons. The van der Waals surface area contributed by atoms with Gasteiger partial charge in [-0.15, -0.1) is 5.10 Å². The van der Waals surface area contributed by atoms with Crippen molar-refractivity contribution in [3.8, 4) is 0 Å². The Labute approximate surface area is 202 Å². The lowest BCUT2D eigenvalue weighted by atomic mass is 10.0. The van der Waals surface area contributed by atoms with Crippen LogP contribution >= 0.6 is 0 Å². The molecule has 4 aromatic rings. The van der Waals surface area contributed by atoms with Crippen molar-refractivity contribution in [2.75, 3.05) is 25.2 Å². The van der Waals surface area contributed by atoms with Gasteiger partial charge in [-0.1, -0.05) is 53.7 Å². The number of methoxy groups -OCH3 is 1. The predicted molar refractivity (Wildman–Crippen MR) is 130 cm³/mol. The summed E-state index contributed by atoms with van der Waals surface area (Å²) in [5, 5.41) is 11.0. The second-order valence-corrected chi connectivity index (χ2v) is 8.03. The van der Waals surface area contributed by atoms with Gasteiger partial charge >= 0.3 is 0 Å². The van der Waals surface area contributed by atoms with Crippen molar-refractivity contribution in [1.82, 2.24) is 20.3 Å². The molecule has 0 aliphatic heterocycles. The number of anilines is 1. The van der Waals surface area contributed by atoms with Crippen molar-refractivity contribution in [1.29, 1.82) is 0 Å². The first-order chi connectivity index (χ1) is 17.0. The number of ether oxygens (including phenoxy) is 1.